The Labute approximate surface area is 169 Å². The molecule has 0 saturated heterocycles. The molecule has 0 fully saturated rings. The summed E-state index contributed by atoms with van der Waals surface area (Å²) in [6.07, 6.45) is 5.91. The summed E-state index contributed by atoms with van der Waals surface area (Å²) in [7, 11) is 0. The Bertz CT molecular complexity index is 1120. The minimum absolute atomic E-state index is 0.0283. The summed E-state index contributed by atoms with van der Waals surface area (Å²) < 4.78 is 1.79. The van der Waals surface area contributed by atoms with Crippen LogP contribution < -0.4 is 5.56 Å². The van der Waals surface area contributed by atoms with Crippen molar-refractivity contribution >= 4 is 21.6 Å². The van der Waals surface area contributed by atoms with E-state index < -0.39 is 0 Å². The van der Waals surface area contributed by atoms with Gasteiger partial charge in [-0.3, -0.25) is 9.36 Å². The number of hydrogen-bond donors (Lipinski definition) is 0. The summed E-state index contributed by atoms with van der Waals surface area (Å²) >= 11 is 1.55. The molecule has 2 aromatic heterocycles. The molecule has 3 aromatic rings. The Morgan fingerprint density at radius 1 is 1.25 bits per heavy atom. The third kappa shape index (κ3) is 3.38. The predicted molar refractivity (Wildman–Crippen MR) is 115 cm³/mol. The molecule has 5 heteroatoms. The lowest BCUT2D eigenvalue weighted by molar-refractivity contribution is 0.568. The second kappa shape index (κ2) is 7.89. The summed E-state index contributed by atoms with van der Waals surface area (Å²) in [5, 5.41) is 11.7. The van der Waals surface area contributed by atoms with E-state index in [4.69, 9.17) is 10.2 Å². The molecule has 0 spiro atoms. The maximum absolute atomic E-state index is 13.4. The first-order valence-electron chi connectivity index (χ1n) is 10.1. The number of nitriles is 1. The quantitative estimate of drug-likeness (QED) is 0.545. The molecule has 144 valence electrons. The fraction of sp³-hybridized carbons (Fsp3) is 0.435. The van der Waals surface area contributed by atoms with E-state index in [2.05, 4.69) is 43.5 Å². The van der Waals surface area contributed by atoms with Crippen LogP contribution in [0.2, 0.25) is 0 Å². The van der Waals surface area contributed by atoms with Gasteiger partial charge >= 0.3 is 0 Å². The molecule has 0 unspecified atom stereocenters. The maximum Gasteiger partial charge on any atom is 0.262 e. The fourth-order valence-corrected chi connectivity index (χ4v) is 5.07. The summed E-state index contributed by atoms with van der Waals surface area (Å²) in [4.78, 5) is 19.1. The molecule has 0 aliphatic heterocycles. The minimum atomic E-state index is 0.0283. The average molecular weight is 392 g/mol. The predicted octanol–water partition coefficient (Wildman–Crippen LogP) is 5.43. The zero-order chi connectivity index (χ0) is 19.7. The van der Waals surface area contributed by atoms with Gasteiger partial charge in [0.15, 0.2) is 0 Å². The van der Waals surface area contributed by atoms with Gasteiger partial charge in [0, 0.05) is 29.8 Å². The van der Waals surface area contributed by atoms with E-state index in [-0.39, 0.29) is 11.5 Å². The smallest absolute Gasteiger partial charge is 0.262 e. The van der Waals surface area contributed by atoms with Gasteiger partial charge in [0.05, 0.1) is 11.5 Å². The van der Waals surface area contributed by atoms with Gasteiger partial charge in [-0.15, -0.1) is 11.3 Å². The molecule has 0 amide bonds. The Morgan fingerprint density at radius 2 is 2.04 bits per heavy atom. The summed E-state index contributed by atoms with van der Waals surface area (Å²) in [5.74, 6) is 0.975. The summed E-state index contributed by atoms with van der Waals surface area (Å²) in [5.41, 5.74) is 5.01. The van der Waals surface area contributed by atoms with Crippen molar-refractivity contribution in [2.45, 2.75) is 64.8 Å². The number of unbranched alkanes of at least 4 members (excludes halogenated alkanes) is 1. The maximum atomic E-state index is 13.4. The number of rotatable bonds is 5. The second-order valence-electron chi connectivity index (χ2n) is 7.86. The van der Waals surface area contributed by atoms with Crippen molar-refractivity contribution in [1.82, 2.24) is 9.55 Å². The second-order valence-corrected chi connectivity index (χ2v) is 8.72. The lowest BCUT2D eigenvalue weighted by atomic mass is 9.89. The van der Waals surface area contributed by atoms with E-state index in [1.807, 2.05) is 0 Å². The molecule has 0 radical (unpaired) electrons. The van der Waals surface area contributed by atoms with Crippen LogP contribution >= 0.6 is 11.3 Å². The largest absolute Gasteiger partial charge is 0.296 e. The van der Waals surface area contributed by atoms with Crippen LogP contribution in [-0.2, 0) is 19.4 Å². The van der Waals surface area contributed by atoms with Gasteiger partial charge in [-0.05, 0) is 48.8 Å². The molecule has 28 heavy (non-hydrogen) atoms. The van der Waals surface area contributed by atoms with Gasteiger partial charge in [0.1, 0.15) is 10.7 Å². The van der Waals surface area contributed by atoms with Crippen molar-refractivity contribution < 1.29 is 0 Å². The topological polar surface area (TPSA) is 58.7 Å². The zero-order valence-corrected chi connectivity index (χ0v) is 17.3. The van der Waals surface area contributed by atoms with Crippen LogP contribution in [0.15, 0.2) is 28.4 Å². The molecule has 1 aliphatic rings. The first-order chi connectivity index (χ1) is 13.6. The van der Waals surface area contributed by atoms with Gasteiger partial charge < -0.3 is 0 Å². The van der Waals surface area contributed by atoms with Crippen molar-refractivity contribution in [3.05, 3.63) is 50.9 Å². The summed E-state index contributed by atoms with van der Waals surface area (Å²) in [6.45, 7) is 4.67. The highest BCUT2D eigenvalue weighted by molar-refractivity contribution is 7.17. The van der Waals surface area contributed by atoms with Crippen molar-refractivity contribution in [2.75, 3.05) is 0 Å². The molecule has 4 nitrogen and oxygen atoms in total. The van der Waals surface area contributed by atoms with Gasteiger partial charge in [0.25, 0.3) is 5.56 Å². The molecule has 2 heterocycles. The van der Waals surface area contributed by atoms with Crippen LogP contribution in [0.25, 0.3) is 21.3 Å². The highest BCUT2D eigenvalue weighted by Crippen LogP contribution is 2.34. The van der Waals surface area contributed by atoms with Crippen molar-refractivity contribution in [3.63, 3.8) is 0 Å². The number of nitrogens with zero attached hydrogens (tertiary/aromatic N) is 3. The molecule has 4 rings (SSSR count). The standard InChI is InChI=1S/C23H25N3OS/c1-15(2)21-25-22-20(23(27)26(21)12-6-5-11-24)19(14-28-22)18-10-9-16-7-3-4-8-17(16)13-18/h9-10,13-15H,3-8,12H2,1-2H3. The highest BCUT2D eigenvalue weighted by Gasteiger charge is 2.19. The first kappa shape index (κ1) is 18.9. The van der Waals surface area contributed by atoms with E-state index in [1.165, 1.54) is 24.0 Å². The van der Waals surface area contributed by atoms with Crippen LogP contribution in [0.3, 0.4) is 0 Å². The fourth-order valence-electron chi connectivity index (χ4n) is 4.13. The number of benzene rings is 1. The van der Waals surface area contributed by atoms with E-state index in [0.29, 0.717) is 19.4 Å². The van der Waals surface area contributed by atoms with Crippen LogP contribution in [0.5, 0.6) is 0 Å². The van der Waals surface area contributed by atoms with E-state index in [9.17, 15) is 4.79 Å². The molecule has 1 aliphatic carbocycles. The van der Waals surface area contributed by atoms with E-state index in [0.717, 1.165) is 40.0 Å². The average Bonchev–Trinajstić information content (AvgIpc) is 3.13. The summed E-state index contributed by atoms with van der Waals surface area (Å²) in [6, 6.07) is 8.83. The zero-order valence-electron chi connectivity index (χ0n) is 16.5. The Hall–Kier alpha value is -2.45. The van der Waals surface area contributed by atoms with Crippen LogP contribution in [0, 0.1) is 11.3 Å². The van der Waals surface area contributed by atoms with Gasteiger partial charge in [0.2, 0.25) is 0 Å². The van der Waals surface area contributed by atoms with E-state index in [1.54, 1.807) is 15.9 Å². The van der Waals surface area contributed by atoms with Crippen molar-refractivity contribution in [1.29, 1.82) is 5.26 Å². The number of thiophene rings is 1. The van der Waals surface area contributed by atoms with Crippen molar-refractivity contribution in [2.24, 2.45) is 0 Å². The van der Waals surface area contributed by atoms with Crippen LogP contribution in [-0.4, -0.2) is 9.55 Å². The minimum Gasteiger partial charge on any atom is -0.296 e. The molecular formula is C23H25N3OS. The third-order valence-electron chi connectivity index (χ3n) is 5.57. The van der Waals surface area contributed by atoms with Gasteiger partial charge in [-0.25, -0.2) is 4.98 Å². The van der Waals surface area contributed by atoms with E-state index >= 15 is 0 Å². The molecule has 0 atom stereocenters. The number of fused-ring (bicyclic) bond motifs is 2. The normalized spacial score (nSPS) is 13.6. The highest BCUT2D eigenvalue weighted by atomic mass is 32.1. The first-order valence-corrected chi connectivity index (χ1v) is 11.0. The monoisotopic (exact) mass is 391 g/mol. The Morgan fingerprint density at radius 3 is 2.79 bits per heavy atom. The van der Waals surface area contributed by atoms with Crippen molar-refractivity contribution in [3.8, 4) is 17.2 Å². The van der Waals surface area contributed by atoms with Crippen LogP contribution in [0.1, 0.15) is 62.4 Å². The molecule has 0 bridgehead atoms. The van der Waals surface area contributed by atoms with Gasteiger partial charge in [-0.2, -0.15) is 5.26 Å². The lowest BCUT2D eigenvalue weighted by Gasteiger charge is -2.17. The third-order valence-corrected chi connectivity index (χ3v) is 6.44. The van der Waals surface area contributed by atoms with Gasteiger partial charge in [-0.1, -0.05) is 32.0 Å². The molecule has 0 saturated carbocycles. The number of aromatic nitrogens is 2. The number of hydrogen-bond acceptors (Lipinski definition) is 4. The van der Waals surface area contributed by atoms with Crippen LogP contribution in [0.4, 0.5) is 0 Å². The molecular weight excluding hydrogens is 366 g/mol. The Kier molecular flexibility index (Phi) is 5.32. The molecule has 1 aromatic carbocycles. The lowest BCUT2D eigenvalue weighted by Crippen LogP contribution is -2.26. The Balaban J connectivity index is 1.86. The number of aryl methyl sites for hydroxylation is 2. The molecule has 0 N–H and O–H groups in total. The SMILES string of the molecule is CC(C)c1nc2scc(-c3ccc4c(c3)CCCC4)c2c(=O)n1CCCC#N.